The number of fused-ring (bicyclic) bond motifs is 2. The Balaban J connectivity index is 1.25. The van der Waals surface area contributed by atoms with E-state index in [0.29, 0.717) is 54.0 Å². The lowest BCUT2D eigenvalue weighted by molar-refractivity contribution is -0.141. The van der Waals surface area contributed by atoms with Crippen LogP contribution in [0.25, 0.3) is 10.9 Å². The Kier molecular flexibility index (Phi) is 5.76. The number of hydrogen-bond donors (Lipinski definition) is 1. The van der Waals surface area contributed by atoms with Crippen LogP contribution < -0.4 is 15.0 Å². The summed E-state index contributed by atoms with van der Waals surface area (Å²) in [4.78, 5) is 19.7. The maximum Gasteiger partial charge on any atom is 0.433 e. The third-order valence-corrected chi connectivity index (χ3v) is 6.22. The zero-order valence-corrected chi connectivity index (χ0v) is 18.2. The highest BCUT2D eigenvalue weighted by molar-refractivity contribution is 5.95. The van der Waals surface area contributed by atoms with Gasteiger partial charge in [-0.25, -0.2) is 9.37 Å². The first-order valence-electron chi connectivity index (χ1n) is 11.0. The average molecular weight is 474 g/mol. The Hall–Kier alpha value is -3.40. The zero-order chi connectivity index (χ0) is 23.9. The molecule has 0 aliphatic carbocycles. The van der Waals surface area contributed by atoms with E-state index >= 15 is 0 Å². The molecule has 0 saturated carbocycles. The molecule has 2 aliphatic heterocycles. The number of carbonyl (C=O) groups excluding carboxylic acids is 1. The summed E-state index contributed by atoms with van der Waals surface area (Å²) in [5.74, 6) is -0.242. The van der Waals surface area contributed by atoms with E-state index in [4.69, 9.17) is 4.74 Å². The van der Waals surface area contributed by atoms with Crippen molar-refractivity contribution >= 4 is 28.2 Å². The van der Waals surface area contributed by atoms with Gasteiger partial charge in [-0.3, -0.25) is 9.69 Å². The number of amides is 1. The smallest absolute Gasteiger partial charge is 0.433 e. The van der Waals surface area contributed by atoms with Crippen molar-refractivity contribution in [3.05, 3.63) is 59.5 Å². The van der Waals surface area contributed by atoms with Gasteiger partial charge in [0.15, 0.2) is 6.61 Å². The first kappa shape index (κ1) is 22.4. The van der Waals surface area contributed by atoms with E-state index in [1.54, 1.807) is 12.1 Å². The number of benzene rings is 2. The minimum atomic E-state index is -4.48. The minimum Gasteiger partial charge on any atom is -0.481 e. The molecule has 34 heavy (non-hydrogen) atoms. The van der Waals surface area contributed by atoms with Gasteiger partial charge in [0, 0.05) is 49.4 Å². The van der Waals surface area contributed by atoms with E-state index in [9.17, 15) is 22.4 Å². The van der Waals surface area contributed by atoms with Crippen LogP contribution >= 0.6 is 0 Å². The quantitative estimate of drug-likeness (QED) is 0.578. The number of pyridine rings is 1. The highest BCUT2D eigenvalue weighted by atomic mass is 19.4. The lowest BCUT2D eigenvalue weighted by Gasteiger charge is -2.36. The lowest BCUT2D eigenvalue weighted by Crippen LogP contribution is -2.47. The summed E-state index contributed by atoms with van der Waals surface area (Å²) < 4.78 is 59.0. The normalized spacial score (nSPS) is 16.8. The lowest BCUT2D eigenvalue weighted by atomic mass is 10.1. The van der Waals surface area contributed by atoms with Crippen molar-refractivity contribution in [1.29, 1.82) is 0 Å². The summed E-state index contributed by atoms with van der Waals surface area (Å²) in [6.07, 6.45) is -4.05. The molecule has 0 unspecified atom stereocenters. The Morgan fingerprint density at radius 1 is 1.03 bits per heavy atom. The highest BCUT2D eigenvalue weighted by Gasteiger charge is 2.32. The first-order valence-corrected chi connectivity index (χ1v) is 11.0. The average Bonchev–Trinajstić information content (AvgIpc) is 2.82. The van der Waals surface area contributed by atoms with E-state index in [2.05, 4.69) is 20.1 Å². The number of anilines is 2. The van der Waals surface area contributed by atoms with Crippen molar-refractivity contribution in [1.82, 2.24) is 9.88 Å². The predicted molar refractivity (Wildman–Crippen MR) is 120 cm³/mol. The van der Waals surface area contributed by atoms with Gasteiger partial charge < -0.3 is 15.0 Å². The fraction of sp³-hybridized carbons (Fsp3) is 0.333. The van der Waals surface area contributed by atoms with E-state index in [1.165, 1.54) is 18.2 Å². The summed E-state index contributed by atoms with van der Waals surface area (Å²) in [5, 5.41) is 3.38. The molecule has 1 fully saturated rings. The van der Waals surface area contributed by atoms with Crippen LogP contribution in [0.3, 0.4) is 0 Å². The van der Waals surface area contributed by atoms with Crippen molar-refractivity contribution in [2.45, 2.75) is 12.6 Å². The molecule has 2 aromatic carbocycles. The maximum absolute atomic E-state index is 14.5. The van der Waals surface area contributed by atoms with Gasteiger partial charge in [0.05, 0.1) is 11.2 Å². The molecular weight excluding hydrogens is 452 g/mol. The molecule has 10 heteroatoms. The summed E-state index contributed by atoms with van der Waals surface area (Å²) in [6.45, 7) is 3.29. The number of halogens is 4. The van der Waals surface area contributed by atoms with Crippen LogP contribution in [-0.2, 0) is 17.4 Å². The number of alkyl halides is 3. The highest BCUT2D eigenvalue weighted by Crippen LogP contribution is 2.35. The number of rotatable bonds is 4. The largest absolute Gasteiger partial charge is 0.481 e. The molecular formula is C24H22F4N4O2. The third kappa shape index (κ3) is 4.37. The minimum absolute atomic E-state index is 0.132. The molecule has 3 aromatic rings. The van der Waals surface area contributed by atoms with Crippen molar-refractivity contribution in [2.75, 3.05) is 49.5 Å². The van der Waals surface area contributed by atoms with Crippen LogP contribution in [0.2, 0.25) is 0 Å². The van der Waals surface area contributed by atoms with Gasteiger partial charge in [-0.2, -0.15) is 13.2 Å². The number of carbonyl (C=O) groups is 1. The molecule has 5 rings (SSSR count). The van der Waals surface area contributed by atoms with Gasteiger partial charge >= 0.3 is 6.18 Å². The van der Waals surface area contributed by atoms with Gasteiger partial charge in [0.1, 0.15) is 17.3 Å². The molecule has 3 heterocycles. The van der Waals surface area contributed by atoms with Crippen molar-refractivity contribution in [3.63, 3.8) is 0 Å². The van der Waals surface area contributed by atoms with E-state index in [0.717, 1.165) is 24.8 Å². The monoisotopic (exact) mass is 474 g/mol. The molecule has 2 aliphatic rings. The SMILES string of the molecule is O=C1COc2c(ccc(F)c2CCN2CCN(c3cccc4nc(C(F)(F)F)ccc34)CC2)N1. The second-order valence-corrected chi connectivity index (χ2v) is 8.36. The zero-order valence-electron chi connectivity index (χ0n) is 18.2. The van der Waals surface area contributed by atoms with Crippen molar-refractivity contribution < 1.29 is 27.1 Å². The summed E-state index contributed by atoms with van der Waals surface area (Å²) in [6, 6.07) is 10.5. The Bertz CT molecular complexity index is 1240. The van der Waals surface area contributed by atoms with Gasteiger partial charge in [0.2, 0.25) is 0 Å². The predicted octanol–water partition coefficient (Wildman–Crippen LogP) is 4.09. The third-order valence-electron chi connectivity index (χ3n) is 6.22. The molecule has 0 spiro atoms. The van der Waals surface area contributed by atoms with Crippen LogP contribution in [0, 0.1) is 5.82 Å². The molecule has 0 atom stereocenters. The number of ether oxygens (including phenoxy) is 1. The fourth-order valence-corrected chi connectivity index (χ4v) is 4.48. The molecule has 0 bridgehead atoms. The molecule has 178 valence electrons. The van der Waals surface area contributed by atoms with Gasteiger partial charge in [-0.05, 0) is 42.8 Å². The molecule has 1 aromatic heterocycles. The summed E-state index contributed by atoms with van der Waals surface area (Å²) in [5.41, 5.74) is 1.19. The molecule has 0 radical (unpaired) electrons. The van der Waals surface area contributed by atoms with Crippen molar-refractivity contribution in [2.24, 2.45) is 0 Å². The van der Waals surface area contributed by atoms with Crippen LogP contribution in [0.15, 0.2) is 42.5 Å². The van der Waals surface area contributed by atoms with Gasteiger partial charge in [-0.15, -0.1) is 0 Å². The number of nitrogens with one attached hydrogen (secondary N) is 1. The van der Waals surface area contributed by atoms with E-state index in [1.807, 2.05) is 6.07 Å². The topological polar surface area (TPSA) is 57.7 Å². The summed E-state index contributed by atoms with van der Waals surface area (Å²) >= 11 is 0. The Morgan fingerprint density at radius 2 is 1.82 bits per heavy atom. The van der Waals surface area contributed by atoms with Gasteiger partial charge in [0.25, 0.3) is 5.91 Å². The maximum atomic E-state index is 14.5. The van der Waals surface area contributed by atoms with Crippen LogP contribution in [0.1, 0.15) is 11.3 Å². The standard InChI is InChI=1S/C24H22F4N4O2/c25-17-5-6-19-23(34-14-22(33)30-19)15(17)8-9-31-10-12-32(13-11-31)20-3-1-2-18-16(20)4-7-21(29-18)24(26,27)28/h1-7H,8-14H2,(H,30,33). The second-order valence-electron chi connectivity index (χ2n) is 8.36. The number of aromatic nitrogens is 1. The van der Waals surface area contributed by atoms with E-state index < -0.39 is 11.9 Å². The van der Waals surface area contributed by atoms with Gasteiger partial charge in [-0.1, -0.05) is 6.07 Å². The van der Waals surface area contributed by atoms with Crippen molar-refractivity contribution in [3.8, 4) is 5.75 Å². The Morgan fingerprint density at radius 3 is 2.59 bits per heavy atom. The van der Waals surface area contributed by atoms with Crippen LogP contribution in [0.4, 0.5) is 28.9 Å². The molecule has 6 nitrogen and oxygen atoms in total. The number of nitrogens with zero attached hydrogens (tertiary/aromatic N) is 3. The first-order chi connectivity index (χ1) is 16.3. The fourth-order valence-electron chi connectivity index (χ4n) is 4.48. The number of hydrogen-bond acceptors (Lipinski definition) is 5. The Labute approximate surface area is 193 Å². The van der Waals surface area contributed by atoms with Crippen LogP contribution in [0.5, 0.6) is 5.75 Å². The molecule has 1 amide bonds. The number of piperazine rings is 1. The second kappa shape index (κ2) is 8.75. The van der Waals surface area contributed by atoms with E-state index in [-0.39, 0.29) is 18.3 Å². The molecule has 1 N–H and O–H groups in total. The van der Waals surface area contributed by atoms with Crippen LogP contribution in [-0.4, -0.2) is 55.1 Å². The summed E-state index contributed by atoms with van der Waals surface area (Å²) in [7, 11) is 0. The molecule has 1 saturated heterocycles.